The van der Waals surface area contributed by atoms with Gasteiger partial charge in [0.25, 0.3) is 0 Å². The molecule has 3 fully saturated rings. The molecular formula is C30H56N4O2. The summed E-state index contributed by atoms with van der Waals surface area (Å²) in [5.74, 6) is 0.864. The first-order chi connectivity index (χ1) is 16.2. The number of nitrogens with one attached hydrogen (secondary N) is 2. The van der Waals surface area contributed by atoms with Gasteiger partial charge in [-0.3, -0.25) is 9.69 Å². The summed E-state index contributed by atoms with van der Waals surface area (Å²) in [5, 5.41) is 21.6. The van der Waals surface area contributed by atoms with E-state index in [1.54, 1.807) is 0 Å². The van der Waals surface area contributed by atoms with E-state index in [2.05, 4.69) is 103 Å². The Morgan fingerprint density at radius 2 is 1.28 bits per heavy atom. The van der Waals surface area contributed by atoms with Crippen LogP contribution >= 0.6 is 0 Å². The van der Waals surface area contributed by atoms with Crippen LogP contribution in [0.25, 0.3) is 0 Å². The Labute approximate surface area is 221 Å². The lowest BCUT2D eigenvalue weighted by atomic mass is 9.74. The highest BCUT2D eigenvalue weighted by molar-refractivity contribution is 6.48. The molecule has 0 aromatic rings. The molecule has 6 heteroatoms. The molecule has 2 unspecified atom stereocenters. The van der Waals surface area contributed by atoms with Crippen LogP contribution in [-0.2, 0) is 4.79 Å². The summed E-state index contributed by atoms with van der Waals surface area (Å²) in [6.07, 6.45) is 2.79. The number of nitrogens with zero attached hydrogens (tertiary/aromatic N) is 2. The molecule has 2 N–H and O–H groups in total. The third-order valence-corrected chi connectivity index (χ3v) is 8.13. The van der Waals surface area contributed by atoms with Crippen LogP contribution < -0.4 is 15.7 Å². The van der Waals surface area contributed by atoms with E-state index in [-0.39, 0.29) is 40.0 Å². The number of carbonyl (C=O) groups is 1. The number of hydrogen-bond donors (Lipinski definition) is 2. The van der Waals surface area contributed by atoms with E-state index >= 15 is 0 Å². The van der Waals surface area contributed by atoms with E-state index in [0.29, 0.717) is 17.5 Å². The maximum absolute atomic E-state index is 14.1. The molecule has 2 saturated heterocycles. The minimum atomic E-state index is -0.975. The second-order valence-corrected chi connectivity index (χ2v) is 15.7. The predicted octanol–water partition coefficient (Wildman–Crippen LogP) is 3.35. The molecule has 2 heterocycles. The van der Waals surface area contributed by atoms with Gasteiger partial charge in [-0.25, -0.2) is 4.58 Å². The van der Waals surface area contributed by atoms with Crippen molar-refractivity contribution in [2.24, 2.45) is 11.8 Å². The van der Waals surface area contributed by atoms with Crippen molar-refractivity contribution in [3.8, 4) is 0 Å². The number of rotatable bonds is 7. The van der Waals surface area contributed by atoms with Gasteiger partial charge in [0, 0.05) is 53.5 Å². The van der Waals surface area contributed by atoms with Crippen LogP contribution in [0.2, 0.25) is 0 Å². The van der Waals surface area contributed by atoms with Crippen LogP contribution in [0.3, 0.4) is 0 Å². The molecule has 0 amide bonds. The average Bonchev–Trinajstić information content (AvgIpc) is 2.61. The zero-order valence-corrected chi connectivity index (χ0v) is 25.4. The standard InChI is InChI=1S/C30H56N4O2/c1-19(2)17-33(21-13-27(5,6)31-28(7,8)14-21)23-25(35)24(26(23)36)34(18-20(3)4)22-15-29(9,10)32-30(11,12)16-22/h19-23,25,31-32H,13-18H2,1-12H3. The van der Waals surface area contributed by atoms with Crippen LogP contribution in [0.5, 0.6) is 0 Å². The second-order valence-electron chi connectivity index (χ2n) is 15.7. The van der Waals surface area contributed by atoms with Crippen molar-refractivity contribution in [3.63, 3.8) is 0 Å². The van der Waals surface area contributed by atoms with Gasteiger partial charge in [-0.2, -0.15) is 0 Å². The van der Waals surface area contributed by atoms with Crippen molar-refractivity contribution in [1.82, 2.24) is 15.5 Å². The Morgan fingerprint density at radius 3 is 1.67 bits per heavy atom. The van der Waals surface area contributed by atoms with Crippen LogP contribution in [0, 0.1) is 11.8 Å². The van der Waals surface area contributed by atoms with Gasteiger partial charge in [-0.1, -0.05) is 27.7 Å². The zero-order valence-electron chi connectivity index (χ0n) is 25.4. The number of hydrogen-bond acceptors (Lipinski definition) is 5. The summed E-state index contributed by atoms with van der Waals surface area (Å²) in [5.41, 5.74) is 0.407. The third kappa shape index (κ3) is 6.78. The van der Waals surface area contributed by atoms with Crippen molar-refractivity contribution >= 4 is 11.5 Å². The fourth-order valence-corrected chi connectivity index (χ4v) is 7.85. The van der Waals surface area contributed by atoms with Crippen molar-refractivity contribution < 1.29 is 14.5 Å². The van der Waals surface area contributed by atoms with Crippen LogP contribution in [0.15, 0.2) is 0 Å². The van der Waals surface area contributed by atoms with Gasteiger partial charge in [0.15, 0.2) is 6.04 Å². The van der Waals surface area contributed by atoms with Crippen molar-refractivity contribution in [3.05, 3.63) is 0 Å². The highest BCUT2D eigenvalue weighted by atomic mass is 16.3. The maximum atomic E-state index is 14.1. The van der Waals surface area contributed by atoms with E-state index in [9.17, 15) is 9.90 Å². The fraction of sp³-hybridized carbons (Fsp3) is 0.933. The normalized spacial score (nSPS) is 31.7. The molecule has 0 bridgehead atoms. The third-order valence-electron chi connectivity index (χ3n) is 8.13. The monoisotopic (exact) mass is 504 g/mol. The van der Waals surface area contributed by atoms with Gasteiger partial charge < -0.3 is 15.7 Å². The van der Waals surface area contributed by atoms with Gasteiger partial charge in [0.1, 0.15) is 6.54 Å². The first-order valence-corrected chi connectivity index (χ1v) is 14.4. The Balaban J connectivity index is 1.97. The van der Waals surface area contributed by atoms with E-state index in [0.717, 1.165) is 38.8 Å². The van der Waals surface area contributed by atoms with Gasteiger partial charge >= 0.3 is 0 Å². The lowest BCUT2D eigenvalue weighted by Gasteiger charge is -2.55. The lowest BCUT2D eigenvalue weighted by molar-refractivity contribution is -0.588. The predicted molar refractivity (Wildman–Crippen MR) is 148 cm³/mol. The molecule has 6 nitrogen and oxygen atoms in total. The summed E-state index contributed by atoms with van der Waals surface area (Å²) < 4.78 is 2.25. The van der Waals surface area contributed by atoms with Crippen molar-refractivity contribution in [2.45, 2.75) is 155 Å². The summed E-state index contributed by atoms with van der Waals surface area (Å²) in [7, 11) is 0. The first kappa shape index (κ1) is 29.7. The molecule has 208 valence electrons. The number of piperidine rings is 2. The lowest BCUT2D eigenvalue weighted by Crippen LogP contribution is -2.76. The van der Waals surface area contributed by atoms with E-state index in [1.807, 2.05) is 0 Å². The minimum Gasteiger partial charge on any atom is -0.843 e. The maximum Gasteiger partial charge on any atom is 0.236 e. The molecule has 36 heavy (non-hydrogen) atoms. The molecule has 1 saturated carbocycles. The Kier molecular flexibility index (Phi) is 8.30. The molecule has 3 rings (SSSR count). The summed E-state index contributed by atoms with van der Waals surface area (Å²) in [6.45, 7) is 28.3. The first-order valence-electron chi connectivity index (χ1n) is 14.4. The summed E-state index contributed by atoms with van der Waals surface area (Å²) in [6, 6.07) is -0.124. The summed E-state index contributed by atoms with van der Waals surface area (Å²) >= 11 is 0. The fourth-order valence-electron chi connectivity index (χ4n) is 7.85. The molecule has 3 aliphatic rings. The molecule has 2 aliphatic heterocycles. The smallest absolute Gasteiger partial charge is 0.236 e. The molecule has 0 radical (unpaired) electrons. The Morgan fingerprint density at radius 1 is 0.833 bits per heavy atom. The van der Waals surface area contributed by atoms with E-state index < -0.39 is 12.1 Å². The molecule has 1 aliphatic carbocycles. The average molecular weight is 505 g/mol. The number of Topliss-reactive ketones (excluding diaryl/α,β-unsaturated/α-hetero) is 1. The number of carbonyl (C=O) groups excluding carboxylic acids is 1. The zero-order chi connectivity index (χ0) is 27.4. The van der Waals surface area contributed by atoms with Gasteiger partial charge in [0.05, 0.1) is 6.04 Å². The second kappa shape index (κ2) is 10.1. The van der Waals surface area contributed by atoms with E-state index in [1.165, 1.54) is 0 Å². The van der Waals surface area contributed by atoms with Gasteiger partial charge in [0.2, 0.25) is 11.5 Å². The van der Waals surface area contributed by atoms with Crippen LogP contribution in [-0.4, -0.2) is 80.4 Å². The quantitative estimate of drug-likeness (QED) is 0.521. The highest BCUT2D eigenvalue weighted by Gasteiger charge is 2.54. The van der Waals surface area contributed by atoms with Crippen LogP contribution in [0.1, 0.15) is 109 Å². The van der Waals surface area contributed by atoms with E-state index in [4.69, 9.17) is 0 Å². The van der Waals surface area contributed by atoms with Gasteiger partial charge in [-0.15, -0.1) is 0 Å². The number of ketones is 1. The summed E-state index contributed by atoms with van der Waals surface area (Å²) in [4.78, 5) is 16.3. The molecular weight excluding hydrogens is 448 g/mol. The topological polar surface area (TPSA) is 70.4 Å². The van der Waals surface area contributed by atoms with Crippen LogP contribution in [0.4, 0.5) is 0 Å². The largest absolute Gasteiger partial charge is 0.843 e. The Hall–Kier alpha value is -0.820. The minimum absolute atomic E-state index is 0.0324. The SMILES string of the molecule is CC(C)CN(C1CC(C)(C)NC(C)(C)C1)C1C(=O)C(=[N+](CC(C)C)C2CC(C)(C)NC(C)(C)C2)C1[O-]. The molecule has 0 aromatic carbocycles. The Bertz CT molecular complexity index is 823. The molecule has 0 spiro atoms. The van der Waals surface area contributed by atoms with Crippen molar-refractivity contribution in [2.75, 3.05) is 13.1 Å². The van der Waals surface area contributed by atoms with Crippen molar-refractivity contribution in [1.29, 1.82) is 0 Å². The molecule has 0 aromatic heterocycles. The molecule has 2 atom stereocenters. The van der Waals surface area contributed by atoms with Gasteiger partial charge in [-0.05, 0) is 80.3 Å². The highest BCUT2D eigenvalue weighted by Crippen LogP contribution is 2.36.